The topological polar surface area (TPSA) is 35.5 Å². The van der Waals surface area contributed by atoms with Gasteiger partial charge in [0.15, 0.2) is 0 Å². The predicted octanol–water partition coefficient (Wildman–Crippen LogP) is 1.63. The molecule has 2 fully saturated rings. The highest BCUT2D eigenvalue weighted by Crippen LogP contribution is 2.23. The van der Waals surface area contributed by atoms with Gasteiger partial charge in [0, 0.05) is 63.4 Å². The van der Waals surface area contributed by atoms with E-state index in [0.717, 1.165) is 50.8 Å². The first-order valence-corrected chi connectivity index (χ1v) is 8.05. The van der Waals surface area contributed by atoms with Gasteiger partial charge in [0.2, 0.25) is 0 Å². The molecule has 0 bridgehead atoms. The molecule has 2 aromatic rings. The fraction of sp³-hybridized carbons (Fsp3) is 0.412. The molecular formula is C17H20FN5. The summed E-state index contributed by atoms with van der Waals surface area (Å²) in [4.78, 5) is 15.6. The molecule has 0 saturated carbocycles. The summed E-state index contributed by atoms with van der Waals surface area (Å²) in [6, 6.07) is 7.40. The molecule has 4 rings (SSSR count). The lowest BCUT2D eigenvalue weighted by molar-refractivity contribution is 0.156. The second kappa shape index (κ2) is 6.12. The van der Waals surface area contributed by atoms with E-state index in [0.29, 0.717) is 6.04 Å². The van der Waals surface area contributed by atoms with E-state index in [1.165, 1.54) is 12.1 Å². The number of hydrogen-bond donors (Lipinski definition) is 0. The van der Waals surface area contributed by atoms with E-state index in [-0.39, 0.29) is 5.82 Å². The van der Waals surface area contributed by atoms with Crippen LogP contribution in [-0.2, 0) is 0 Å². The Labute approximate surface area is 135 Å². The Kier molecular flexibility index (Phi) is 3.83. The normalized spacial score (nSPS) is 19.7. The largest absolute Gasteiger partial charge is 0.369 e. The van der Waals surface area contributed by atoms with Gasteiger partial charge in [-0.3, -0.25) is 9.88 Å². The molecule has 0 spiro atoms. The average Bonchev–Trinajstić information content (AvgIpc) is 2.56. The minimum Gasteiger partial charge on any atom is -0.369 e. The van der Waals surface area contributed by atoms with Crippen molar-refractivity contribution in [3.8, 4) is 0 Å². The monoisotopic (exact) mass is 313 g/mol. The lowest BCUT2D eigenvalue weighted by Crippen LogP contribution is -2.63. The van der Waals surface area contributed by atoms with Crippen LogP contribution >= 0.6 is 0 Å². The number of hydrogen-bond acceptors (Lipinski definition) is 5. The van der Waals surface area contributed by atoms with Crippen LogP contribution in [0.5, 0.6) is 0 Å². The number of halogens is 1. The first-order chi connectivity index (χ1) is 11.3. The number of benzene rings is 1. The van der Waals surface area contributed by atoms with Gasteiger partial charge in [-0.2, -0.15) is 0 Å². The molecule has 6 heteroatoms. The van der Waals surface area contributed by atoms with Crippen molar-refractivity contribution in [2.24, 2.45) is 0 Å². The van der Waals surface area contributed by atoms with Crippen molar-refractivity contribution in [3.05, 3.63) is 48.7 Å². The first kappa shape index (κ1) is 14.4. The molecule has 2 aliphatic heterocycles. The van der Waals surface area contributed by atoms with E-state index >= 15 is 0 Å². The zero-order chi connectivity index (χ0) is 15.6. The van der Waals surface area contributed by atoms with E-state index < -0.39 is 0 Å². The zero-order valence-electron chi connectivity index (χ0n) is 13.0. The molecule has 0 atom stereocenters. The van der Waals surface area contributed by atoms with Crippen LogP contribution in [0.3, 0.4) is 0 Å². The number of nitrogens with zero attached hydrogens (tertiary/aromatic N) is 5. The summed E-state index contributed by atoms with van der Waals surface area (Å²) < 4.78 is 13.0. The van der Waals surface area contributed by atoms with Crippen LogP contribution in [0.4, 0.5) is 15.9 Å². The van der Waals surface area contributed by atoms with Crippen LogP contribution in [-0.4, -0.2) is 60.2 Å². The molecule has 0 radical (unpaired) electrons. The van der Waals surface area contributed by atoms with Crippen molar-refractivity contribution >= 4 is 11.5 Å². The van der Waals surface area contributed by atoms with Crippen LogP contribution in [0.1, 0.15) is 0 Å². The van der Waals surface area contributed by atoms with Gasteiger partial charge in [-0.15, -0.1) is 0 Å². The molecule has 1 aromatic carbocycles. The zero-order valence-corrected chi connectivity index (χ0v) is 13.0. The SMILES string of the molecule is Fc1ccc(N2CCN(C3CN(c4cnccn4)C3)CC2)cc1. The number of piperazine rings is 1. The lowest BCUT2D eigenvalue weighted by Gasteiger charge is -2.48. The standard InChI is InChI=1S/C17H20FN5/c18-14-1-3-15(4-2-14)21-7-9-22(10-8-21)16-12-23(13-16)17-11-19-5-6-20-17/h1-6,11,16H,7-10,12-13H2. The van der Waals surface area contributed by atoms with E-state index in [1.807, 2.05) is 18.3 Å². The van der Waals surface area contributed by atoms with Crippen molar-refractivity contribution in [2.75, 3.05) is 49.1 Å². The molecule has 0 N–H and O–H groups in total. The summed E-state index contributed by atoms with van der Waals surface area (Å²) in [7, 11) is 0. The van der Waals surface area contributed by atoms with E-state index in [9.17, 15) is 4.39 Å². The van der Waals surface area contributed by atoms with Crippen molar-refractivity contribution in [2.45, 2.75) is 6.04 Å². The number of rotatable bonds is 3. The molecule has 5 nitrogen and oxygen atoms in total. The van der Waals surface area contributed by atoms with Gasteiger partial charge in [0.05, 0.1) is 6.20 Å². The third-order valence-electron chi connectivity index (χ3n) is 4.76. The molecule has 2 aliphatic rings. The first-order valence-electron chi connectivity index (χ1n) is 8.05. The third kappa shape index (κ3) is 2.99. The molecule has 120 valence electrons. The van der Waals surface area contributed by atoms with Crippen molar-refractivity contribution < 1.29 is 4.39 Å². The summed E-state index contributed by atoms with van der Waals surface area (Å²) in [5.74, 6) is 0.791. The van der Waals surface area contributed by atoms with Crippen molar-refractivity contribution in [1.82, 2.24) is 14.9 Å². The Morgan fingerprint density at radius 3 is 2.30 bits per heavy atom. The van der Waals surface area contributed by atoms with Gasteiger partial charge in [-0.1, -0.05) is 0 Å². The second-order valence-electron chi connectivity index (χ2n) is 6.12. The van der Waals surface area contributed by atoms with Gasteiger partial charge in [0.25, 0.3) is 0 Å². The van der Waals surface area contributed by atoms with Crippen LogP contribution in [0.25, 0.3) is 0 Å². The van der Waals surface area contributed by atoms with Crippen molar-refractivity contribution in [1.29, 1.82) is 0 Å². The molecule has 0 amide bonds. The van der Waals surface area contributed by atoms with Crippen molar-refractivity contribution in [3.63, 3.8) is 0 Å². The summed E-state index contributed by atoms with van der Waals surface area (Å²) in [6.07, 6.45) is 5.27. The van der Waals surface area contributed by atoms with Crippen LogP contribution in [0.2, 0.25) is 0 Å². The van der Waals surface area contributed by atoms with Crippen LogP contribution in [0.15, 0.2) is 42.9 Å². The Balaban J connectivity index is 1.29. The Morgan fingerprint density at radius 2 is 1.65 bits per heavy atom. The molecule has 2 saturated heterocycles. The molecule has 0 unspecified atom stereocenters. The average molecular weight is 313 g/mol. The molecule has 23 heavy (non-hydrogen) atoms. The highest BCUT2D eigenvalue weighted by atomic mass is 19.1. The molecule has 0 aliphatic carbocycles. The highest BCUT2D eigenvalue weighted by Gasteiger charge is 2.34. The predicted molar refractivity (Wildman–Crippen MR) is 88.2 cm³/mol. The Bertz CT molecular complexity index is 634. The minimum absolute atomic E-state index is 0.175. The van der Waals surface area contributed by atoms with E-state index in [1.54, 1.807) is 12.4 Å². The van der Waals surface area contributed by atoms with Gasteiger partial charge in [-0.05, 0) is 24.3 Å². The van der Waals surface area contributed by atoms with E-state index in [4.69, 9.17) is 0 Å². The molecular weight excluding hydrogens is 293 g/mol. The summed E-state index contributed by atoms with van der Waals surface area (Å²) in [5, 5.41) is 0. The lowest BCUT2D eigenvalue weighted by atomic mass is 10.1. The third-order valence-corrected chi connectivity index (χ3v) is 4.76. The summed E-state index contributed by atoms with van der Waals surface area (Å²) >= 11 is 0. The van der Waals surface area contributed by atoms with Crippen LogP contribution in [0, 0.1) is 5.82 Å². The maximum Gasteiger partial charge on any atom is 0.147 e. The number of aromatic nitrogens is 2. The maximum absolute atomic E-state index is 13.0. The summed E-state index contributed by atoms with van der Waals surface area (Å²) in [6.45, 7) is 6.14. The molecule has 3 heterocycles. The van der Waals surface area contributed by atoms with Gasteiger partial charge in [-0.25, -0.2) is 9.37 Å². The fourth-order valence-electron chi connectivity index (χ4n) is 3.33. The number of anilines is 2. The second-order valence-corrected chi connectivity index (χ2v) is 6.12. The van der Waals surface area contributed by atoms with Gasteiger partial charge >= 0.3 is 0 Å². The Morgan fingerprint density at radius 1 is 0.913 bits per heavy atom. The van der Waals surface area contributed by atoms with Gasteiger partial charge < -0.3 is 9.80 Å². The quantitative estimate of drug-likeness (QED) is 0.860. The smallest absolute Gasteiger partial charge is 0.147 e. The van der Waals surface area contributed by atoms with E-state index in [2.05, 4.69) is 24.7 Å². The Hall–Kier alpha value is -2.21. The summed E-state index contributed by atoms with van der Waals surface area (Å²) in [5.41, 5.74) is 1.11. The van der Waals surface area contributed by atoms with Gasteiger partial charge in [0.1, 0.15) is 11.6 Å². The van der Waals surface area contributed by atoms with Crippen LogP contribution < -0.4 is 9.80 Å². The highest BCUT2D eigenvalue weighted by molar-refractivity contribution is 5.47. The minimum atomic E-state index is -0.175. The fourth-order valence-corrected chi connectivity index (χ4v) is 3.33. The maximum atomic E-state index is 13.0. The molecule has 1 aromatic heterocycles.